The quantitative estimate of drug-likeness (QED) is 0.383. The molecule has 1 aromatic carbocycles. The standard InChI is InChI=1S/C24H29NO6S/c1-2-3-10-31-24(30)21-11-16(15-32-21)14-25(9-8-23(28)29)22(27)13-18-5-4-17-12-19(26)6-7-20(17)18/h6-7,11-12,15,18,26H,2-5,8-10,13-14H2,1H3,(H,28,29). The van der Waals surface area contributed by atoms with E-state index < -0.39 is 5.97 Å². The van der Waals surface area contributed by atoms with Gasteiger partial charge in [0, 0.05) is 19.5 Å². The van der Waals surface area contributed by atoms with Gasteiger partial charge in [-0.2, -0.15) is 0 Å². The Morgan fingerprint density at radius 3 is 2.81 bits per heavy atom. The molecule has 0 radical (unpaired) electrons. The van der Waals surface area contributed by atoms with E-state index in [1.165, 1.54) is 11.3 Å². The SMILES string of the molecule is CCCCOC(=O)c1cc(CN(CCC(=O)O)C(=O)CC2CCc3cc(O)ccc32)cs1. The Bertz CT molecular complexity index is 969. The van der Waals surface area contributed by atoms with Crippen molar-refractivity contribution in [3.05, 3.63) is 51.2 Å². The summed E-state index contributed by atoms with van der Waals surface area (Å²) < 4.78 is 5.24. The van der Waals surface area contributed by atoms with E-state index in [0.717, 1.165) is 42.4 Å². The van der Waals surface area contributed by atoms with E-state index in [9.17, 15) is 19.5 Å². The Labute approximate surface area is 191 Å². The van der Waals surface area contributed by atoms with Crippen molar-refractivity contribution < 1.29 is 29.3 Å². The number of ether oxygens (including phenoxy) is 1. The molecule has 0 saturated carbocycles. The highest BCUT2D eigenvalue weighted by molar-refractivity contribution is 7.12. The van der Waals surface area contributed by atoms with Crippen LogP contribution in [0.3, 0.4) is 0 Å². The number of carboxylic acid groups (broad SMARTS) is 1. The minimum Gasteiger partial charge on any atom is -0.508 e. The minimum atomic E-state index is -0.963. The van der Waals surface area contributed by atoms with Crippen LogP contribution in [0.15, 0.2) is 29.6 Å². The lowest BCUT2D eigenvalue weighted by Crippen LogP contribution is -2.33. The van der Waals surface area contributed by atoms with Crippen molar-refractivity contribution in [1.29, 1.82) is 0 Å². The number of aliphatic carboxylic acids is 1. The number of aryl methyl sites for hydroxylation is 1. The minimum absolute atomic E-state index is 0.0528. The van der Waals surface area contributed by atoms with Crippen molar-refractivity contribution >= 4 is 29.2 Å². The summed E-state index contributed by atoms with van der Waals surface area (Å²) in [5, 5.41) is 20.6. The smallest absolute Gasteiger partial charge is 0.348 e. The van der Waals surface area contributed by atoms with E-state index in [1.54, 1.807) is 23.1 Å². The number of phenols is 1. The van der Waals surface area contributed by atoms with Crippen LogP contribution in [0.5, 0.6) is 5.75 Å². The van der Waals surface area contributed by atoms with Crippen molar-refractivity contribution in [3.8, 4) is 5.75 Å². The van der Waals surface area contributed by atoms with Gasteiger partial charge in [0.2, 0.25) is 5.91 Å². The molecule has 8 heteroatoms. The van der Waals surface area contributed by atoms with Crippen LogP contribution in [0.25, 0.3) is 0 Å². The Hall–Kier alpha value is -2.87. The van der Waals surface area contributed by atoms with E-state index in [4.69, 9.17) is 9.84 Å². The summed E-state index contributed by atoms with van der Waals surface area (Å²) in [7, 11) is 0. The largest absolute Gasteiger partial charge is 0.508 e. The zero-order valence-electron chi connectivity index (χ0n) is 18.2. The number of nitrogens with zero attached hydrogens (tertiary/aromatic N) is 1. The number of esters is 1. The number of carboxylic acids is 1. The number of rotatable bonds is 11. The highest BCUT2D eigenvalue weighted by Crippen LogP contribution is 2.37. The molecule has 1 amide bonds. The second-order valence-corrected chi connectivity index (χ2v) is 9.00. The van der Waals surface area contributed by atoms with Crippen molar-refractivity contribution in [2.24, 2.45) is 0 Å². The highest BCUT2D eigenvalue weighted by atomic mass is 32.1. The third kappa shape index (κ3) is 6.32. The number of phenolic OH excluding ortho intramolecular Hbond substituents is 1. The molecule has 0 aliphatic heterocycles. The van der Waals surface area contributed by atoms with Crippen LogP contribution in [-0.2, 0) is 27.3 Å². The van der Waals surface area contributed by atoms with Crippen molar-refractivity contribution in [3.63, 3.8) is 0 Å². The van der Waals surface area contributed by atoms with Gasteiger partial charge < -0.3 is 19.8 Å². The summed E-state index contributed by atoms with van der Waals surface area (Å²) >= 11 is 1.27. The van der Waals surface area contributed by atoms with E-state index in [-0.39, 0.29) is 49.5 Å². The van der Waals surface area contributed by atoms with E-state index in [1.807, 2.05) is 18.4 Å². The predicted molar refractivity (Wildman–Crippen MR) is 121 cm³/mol. The molecule has 1 heterocycles. The van der Waals surface area contributed by atoms with E-state index >= 15 is 0 Å². The van der Waals surface area contributed by atoms with Crippen LogP contribution < -0.4 is 0 Å². The Morgan fingerprint density at radius 2 is 2.06 bits per heavy atom. The topological polar surface area (TPSA) is 104 Å². The normalized spacial score (nSPS) is 14.7. The number of hydrogen-bond acceptors (Lipinski definition) is 6. The summed E-state index contributed by atoms with van der Waals surface area (Å²) in [6.07, 6.45) is 3.53. The number of aromatic hydroxyl groups is 1. The maximum absolute atomic E-state index is 13.1. The molecule has 2 aromatic rings. The number of thiophene rings is 1. The van der Waals surface area contributed by atoms with Crippen molar-refractivity contribution in [1.82, 2.24) is 4.90 Å². The van der Waals surface area contributed by atoms with Gasteiger partial charge >= 0.3 is 11.9 Å². The number of benzene rings is 1. The molecule has 1 unspecified atom stereocenters. The fraction of sp³-hybridized carbons (Fsp3) is 0.458. The lowest BCUT2D eigenvalue weighted by molar-refractivity contribution is -0.138. The number of carbonyl (C=O) groups is 3. The molecule has 1 aliphatic carbocycles. The molecular formula is C24H29NO6S. The fourth-order valence-electron chi connectivity index (χ4n) is 3.93. The van der Waals surface area contributed by atoms with E-state index in [0.29, 0.717) is 11.5 Å². The van der Waals surface area contributed by atoms with Crippen molar-refractivity contribution in [2.75, 3.05) is 13.2 Å². The van der Waals surface area contributed by atoms with Crippen LogP contribution in [0.1, 0.15) is 71.3 Å². The zero-order valence-corrected chi connectivity index (χ0v) is 19.0. The maximum Gasteiger partial charge on any atom is 0.348 e. The zero-order chi connectivity index (χ0) is 23.1. The Balaban J connectivity index is 1.66. The number of fused-ring (bicyclic) bond motifs is 1. The first-order valence-corrected chi connectivity index (χ1v) is 11.8. The van der Waals surface area contributed by atoms with E-state index in [2.05, 4.69) is 0 Å². The molecule has 1 aromatic heterocycles. The summed E-state index contributed by atoms with van der Waals surface area (Å²) in [6.45, 7) is 2.76. The summed E-state index contributed by atoms with van der Waals surface area (Å²) in [6, 6.07) is 6.96. The van der Waals surface area contributed by atoms with Crippen LogP contribution >= 0.6 is 11.3 Å². The van der Waals surface area contributed by atoms with Crippen LogP contribution in [0.2, 0.25) is 0 Å². The summed E-state index contributed by atoms with van der Waals surface area (Å²) in [5.41, 5.74) is 2.92. The Kier molecular flexibility index (Phi) is 8.27. The molecule has 0 fully saturated rings. The summed E-state index contributed by atoms with van der Waals surface area (Å²) in [4.78, 5) is 38.4. The first-order valence-electron chi connectivity index (χ1n) is 10.9. The first kappa shape index (κ1) is 23.8. The molecule has 1 aliphatic rings. The third-order valence-electron chi connectivity index (χ3n) is 5.66. The third-order valence-corrected chi connectivity index (χ3v) is 6.62. The predicted octanol–water partition coefficient (Wildman–Crippen LogP) is 4.33. The molecule has 172 valence electrons. The maximum atomic E-state index is 13.1. The summed E-state index contributed by atoms with van der Waals surface area (Å²) in [5.74, 6) is -1.17. The van der Waals surface area contributed by atoms with Gasteiger partial charge in [-0.25, -0.2) is 4.79 Å². The lowest BCUT2D eigenvalue weighted by atomic mass is 9.97. The van der Waals surface area contributed by atoms with Gasteiger partial charge in [-0.1, -0.05) is 19.4 Å². The number of unbranched alkanes of at least 4 members (excludes halogenated alkanes) is 1. The molecular weight excluding hydrogens is 430 g/mol. The van der Waals surface area contributed by atoms with Crippen LogP contribution in [-0.4, -0.2) is 46.1 Å². The average molecular weight is 460 g/mol. The molecule has 3 rings (SSSR count). The van der Waals surface area contributed by atoms with Crippen molar-refractivity contribution in [2.45, 2.75) is 57.9 Å². The van der Waals surface area contributed by atoms with Gasteiger partial charge in [0.25, 0.3) is 0 Å². The molecule has 1 atom stereocenters. The molecule has 0 bridgehead atoms. The number of amides is 1. The van der Waals surface area contributed by atoms with Gasteiger partial charge in [-0.3, -0.25) is 9.59 Å². The van der Waals surface area contributed by atoms with Gasteiger partial charge in [-0.15, -0.1) is 11.3 Å². The van der Waals surface area contributed by atoms with Crippen LogP contribution in [0.4, 0.5) is 0 Å². The number of hydrogen-bond donors (Lipinski definition) is 2. The lowest BCUT2D eigenvalue weighted by Gasteiger charge is -2.23. The average Bonchev–Trinajstić information content (AvgIpc) is 3.38. The van der Waals surface area contributed by atoms with Gasteiger partial charge in [0.1, 0.15) is 10.6 Å². The molecule has 0 spiro atoms. The first-order chi connectivity index (χ1) is 15.4. The van der Waals surface area contributed by atoms with Gasteiger partial charge in [-0.05, 0) is 65.4 Å². The molecule has 7 nitrogen and oxygen atoms in total. The fourth-order valence-corrected chi connectivity index (χ4v) is 4.73. The van der Waals surface area contributed by atoms with Gasteiger partial charge in [0.05, 0.1) is 13.0 Å². The second-order valence-electron chi connectivity index (χ2n) is 8.09. The van der Waals surface area contributed by atoms with Crippen LogP contribution in [0, 0.1) is 0 Å². The Morgan fingerprint density at radius 1 is 1.25 bits per heavy atom. The number of carbonyl (C=O) groups excluding carboxylic acids is 2. The molecule has 2 N–H and O–H groups in total. The highest BCUT2D eigenvalue weighted by Gasteiger charge is 2.27. The monoisotopic (exact) mass is 459 g/mol. The molecule has 0 saturated heterocycles. The van der Waals surface area contributed by atoms with Gasteiger partial charge in [0.15, 0.2) is 0 Å². The second kappa shape index (κ2) is 11.1. The molecule has 32 heavy (non-hydrogen) atoms.